The molecule has 0 amide bonds. The highest BCUT2D eigenvalue weighted by molar-refractivity contribution is 7.99. The number of rotatable bonds is 7. The van der Waals surface area contributed by atoms with Gasteiger partial charge in [0, 0.05) is 18.1 Å². The SMILES string of the molecule is C=CCSCCNCC1CCCCCC1. The minimum absolute atomic E-state index is 0.955. The quantitative estimate of drug-likeness (QED) is 0.406. The zero-order chi connectivity index (χ0) is 10.8. The molecule has 0 aliphatic heterocycles. The fourth-order valence-corrected chi connectivity index (χ4v) is 2.81. The van der Waals surface area contributed by atoms with E-state index in [9.17, 15) is 0 Å². The maximum Gasteiger partial charge on any atom is 0.0111 e. The van der Waals surface area contributed by atoms with Gasteiger partial charge in [-0.2, -0.15) is 11.8 Å². The number of nitrogens with one attached hydrogen (secondary N) is 1. The molecular formula is C13H25NS. The van der Waals surface area contributed by atoms with Crippen molar-refractivity contribution in [3.8, 4) is 0 Å². The van der Waals surface area contributed by atoms with E-state index < -0.39 is 0 Å². The van der Waals surface area contributed by atoms with Gasteiger partial charge in [-0.05, 0) is 25.3 Å². The van der Waals surface area contributed by atoms with Gasteiger partial charge in [0.15, 0.2) is 0 Å². The summed E-state index contributed by atoms with van der Waals surface area (Å²) >= 11 is 1.96. The maximum absolute atomic E-state index is 3.72. The van der Waals surface area contributed by atoms with Crippen molar-refractivity contribution < 1.29 is 0 Å². The van der Waals surface area contributed by atoms with Crippen LogP contribution in [0.1, 0.15) is 38.5 Å². The second-order valence-corrected chi connectivity index (χ2v) is 5.58. The summed E-state index contributed by atoms with van der Waals surface area (Å²) in [6, 6.07) is 0. The summed E-state index contributed by atoms with van der Waals surface area (Å²) in [6.07, 6.45) is 10.7. The van der Waals surface area contributed by atoms with Crippen molar-refractivity contribution in [1.29, 1.82) is 0 Å². The first-order valence-corrected chi connectivity index (χ1v) is 7.48. The van der Waals surface area contributed by atoms with Gasteiger partial charge in [0.05, 0.1) is 0 Å². The summed E-state index contributed by atoms with van der Waals surface area (Å²) in [5.41, 5.74) is 0. The van der Waals surface area contributed by atoms with Crippen LogP contribution in [0.25, 0.3) is 0 Å². The molecule has 0 saturated heterocycles. The van der Waals surface area contributed by atoms with Crippen molar-refractivity contribution in [3.63, 3.8) is 0 Å². The standard InChI is InChI=1S/C13H25NS/c1-2-10-15-11-9-14-12-13-7-5-3-4-6-8-13/h2,13-14H,1,3-12H2. The van der Waals surface area contributed by atoms with Gasteiger partial charge in [-0.15, -0.1) is 6.58 Å². The Kier molecular flexibility index (Phi) is 8.12. The van der Waals surface area contributed by atoms with Crippen LogP contribution in [0, 0.1) is 5.92 Å². The Morgan fingerprint density at radius 1 is 1.20 bits per heavy atom. The Morgan fingerprint density at radius 3 is 2.60 bits per heavy atom. The third kappa shape index (κ3) is 7.02. The summed E-state index contributed by atoms with van der Waals surface area (Å²) in [6.45, 7) is 6.13. The molecule has 88 valence electrons. The van der Waals surface area contributed by atoms with Crippen molar-refractivity contribution in [1.82, 2.24) is 5.32 Å². The zero-order valence-electron chi connectivity index (χ0n) is 9.84. The third-order valence-electron chi connectivity index (χ3n) is 3.07. The van der Waals surface area contributed by atoms with Gasteiger partial charge in [-0.25, -0.2) is 0 Å². The lowest BCUT2D eigenvalue weighted by molar-refractivity contribution is 0.431. The molecule has 1 nitrogen and oxygen atoms in total. The maximum atomic E-state index is 3.72. The van der Waals surface area contributed by atoms with Crippen LogP contribution in [-0.2, 0) is 0 Å². The van der Waals surface area contributed by atoms with Crippen LogP contribution in [0.15, 0.2) is 12.7 Å². The lowest BCUT2D eigenvalue weighted by Gasteiger charge is -2.14. The van der Waals surface area contributed by atoms with Gasteiger partial charge in [0.1, 0.15) is 0 Å². The highest BCUT2D eigenvalue weighted by Crippen LogP contribution is 2.21. The van der Waals surface area contributed by atoms with E-state index in [-0.39, 0.29) is 0 Å². The second kappa shape index (κ2) is 9.29. The summed E-state index contributed by atoms with van der Waals surface area (Å²) in [5.74, 6) is 3.26. The Balaban J connectivity index is 1.91. The molecule has 1 N–H and O–H groups in total. The molecule has 0 aromatic rings. The molecule has 1 aliphatic rings. The Bertz CT molecular complexity index is 151. The summed E-state index contributed by atoms with van der Waals surface area (Å²) in [4.78, 5) is 0. The van der Waals surface area contributed by atoms with Gasteiger partial charge in [0.2, 0.25) is 0 Å². The molecule has 1 saturated carbocycles. The van der Waals surface area contributed by atoms with Crippen LogP contribution in [0.4, 0.5) is 0 Å². The fraction of sp³-hybridized carbons (Fsp3) is 0.846. The van der Waals surface area contributed by atoms with Crippen LogP contribution >= 0.6 is 11.8 Å². The van der Waals surface area contributed by atoms with Crippen molar-refractivity contribution >= 4 is 11.8 Å². The van der Waals surface area contributed by atoms with Crippen molar-refractivity contribution in [2.45, 2.75) is 38.5 Å². The van der Waals surface area contributed by atoms with E-state index in [1.54, 1.807) is 0 Å². The fourth-order valence-electron chi connectivity index (χ4n) is 2.19. The first-order chi connectivity index (χ1) is 7.43. The number of hydrogen-bond donors (Lipinski definition) is 1. The molecule has 0 heterocycles. The summed E-state index contributed by atoms with van der Waals surface area (Å²) in [7, 11) is 0. The van der Waals surface area contributed by atoms with E-state index in [0.29, 0.717) is 0 Å². The highest BCUT2D eigenvalue weighted by atomic mass is 32.2. The summed E-state index contributed by atoms with van der Waals surface area (Å²) in [5, 5.41) is 3.59. The molecule has 0 spiro atoms. The van der Waals surface area contributed by atoms with E-state index in [1.807, 2.05) is 17.8 Å². The van der Waals surface area contributed by atoms with E-state index in [0.717, 1.165) is 18.2 Å². The molecule has 1 fully saturated rings. The van der Waals surface area contributed by atoms with E-state index in [4.69, 9.17) is 0 Å². The van der Waals surface area contributed by atoms with Gasteiger partial charge in [0.25, 0.3) is 0 Å². The van der Waals surface area contributed by atoms with Crippen molar-refractivity contribution in [2.24, 2.45) is 5.92 Å². The second-order valence-electron chi connectivity index (χ2n) is 4.43. The number of hydrogen-bond acceptors (Lipinski definition) is 2. The largest absolute Gasteiger partial charge is 0.316 e. The van der Waals surface area contributed by atoms with Gasteiger partial charge in [-0.3, -0.25) is 0 Å². The smallest absolute Gasteiger partial charge is 0.0111 e. The van der Waals surface area contributed by atoms with Gasteiger partial charge < -0.3 is 5.32 Å². The molecule has 1 rings (SSSR count). The van der Waals surface area contributed by atoms with Crippen molar-refractivity contribution in [3.05, 3.63) is 12.7 Å². The van der Waals surface area contributed by atoms with Crippen molar-refractivity contribution in [2.75, 3.05) is 24.6 Å². The average molecular weight is 227 g/mol. The van der Waals surface area contributed by atoms with E-state index >= 15 is 0 Å². The molecule has 0 radical (unpaired) electrons. The normalized spacial score (nSPS) is 18.7. The Labute approximate surface area is 99.1 Å². The first kappa shape index (κ1) is 13.1. The molecule has 1 aliphatic carbocycles. The first-order valence-electron chi connectivity index (χ1n) is 6.33. The lowest BCUT2D eigenvalue weighted by atomic mass is 10.0. The van der Waals surface area contributed by atoms with Crippen LogP contribution in [0.2, 0.25) is 0 Å². The minimum atomic E-state index is 0.955. The van der Waals surface area contributed by atoms with E-state index in [1.165, 1.54) is 50.8 Å². The molecule has 0 aromatic carbocycles. The Hall–Kier alpha value is 0.0500. The Morgan fingerprint density at radius 2 is 1.93 bits per heavy atom. The predicted octanol–water partition coefficient (Wildman–Crippen LogP) is 3.47. The van der Waals surface area contributed by atoms with Gasteiger partial charge in [-0.1, -0.05) is 31.8 Å². The lowest BCUT2D eigenvalue weighted by Crippen LogP contribution is -2.24. The molecule has 0 bridgehead atoms. The number of thioether (sulfide) groups is 1. The molecular weight excluding hydrogens is 202 g/mol. The monoisotopic (exact) mass is 227 g/mol. The van der Waals surface area contributed by atoms with Crippen LogP contribution in [0.5, 0.6) is 0 Å². The molecule has 0 unspecified atom stereocenters. The molecule has 0 aromatic heterocycles. The molecule has 15 heavy (non-hydrogen) atoms. The average Bonchev–Trinajstić information content (AvgIpc) is 2.52. The van der Waals surface area contributed by atoms with Crippen LogP contribution < -0.4 is 5.32 Å². The third-order valence-corrected chi connectivity index (χ3v) is 4.03. The molecule has 0 atom stereocenters. The molecule has 2 heteroatoms. The summed E-state index contributed by atoms with van der Waals surface area (Å²) < 4.78 is 0. The highest BCUT2D eigenvalue weighted by Gasteiger charge is 2.10. The van der Waals surface area contributed by atoms with Crippen LogP contribution in [0.3, 0.4) is 0 Å². The van der Waals surface area contributed by atoms with Gasteiger partial charge >= 0.3 is 0 Å². The minimum Gasteiger partial charge on any atom is -0.316 e. The van der Waals surface area contributed by atoms with Crippen LogP contribution in [-0.4, -0.2) is 24.6 Å². The predicted molar refractivity (Wildman–Crippen MR) is 71.6 cm³/mol. The zero-order valence-corrected chi connectivity index (χ0v) is 10.7. The van der Waals surface area contributed by atoms with E-state index in [2.05, 4.69) is 11.9 Å². The topological polar surface area (TPSA) is 12.0 Å².